The summed E-state index contributed by atoms with van der Waals surface area (Å²) < 4.78 is 0. The largest absolute Gasteiger partial charge is 0.353 e. The van der Waals surface area contributed by atoms with E-state index in [0.717, 1.165) is 44.4 Å². The molecule has 1 atom stereocenters. The van der Waals surface area contributed by atoms with Crippen LogP contribution in [0.25, 0.3) is 0 Å². The number of pyridine rings is 1. The summed E-state index contributed by atoms with van der Waals surface area (Å²) in [5, 5.41) is 7.68. The Balaban J connectivity index is 0.00000272. The third-order valence-electron chi connectivity index (χ3n) is 5.88. The fourth-order valence-electron chi connectivity index (χ4n) is 4.22. The average Bonchev–Trinajstić information content (AvgIpc) is 3.45. The van der Waals surface area contributed by atoms with E-state index in [1.807, 2.05) is 19.2 Å². The Bertz CT molecular complexity index is 853. The fourth-order valence-corrected chi connectivity index (χ4v) is 4.46. The standard InChI is InChI=1S/C23H31ClN6.HI/c1-25-23(28-20-10-14-30(17-20)22-21(24)5-4-11-26-22)27-15-18-6-8-19(9-7-18)16-29-12-2-3-13-29;/h4-9,11,20H,2-3,10,12-17H2,1H3,(H2,25,27,28);1H. The van der Waals surface area contributed by atoms with Crippen molar-refractivity contribution in [3.8, 4) is 0 Å². The summed E-state index contributed by atoms with van der Waals surface area (Å²) in [6.07, 6.45) is 5.49. The number of anilines is 1. The lowest BCUT2D eigenvalue weighted by Gasteiger charge is -2.20. The van der Waals surface area contributed by atoms with Crippen LogP contribution in [0, 0.1) is 0 Å². The highest BCUT2D eigenvalue weighted by Gasteiger charge is 2.25. The van der Waals surface area contributed by atoms with Gasteiger partial charge in [0, 0.05) is 45.5 Å². The van der Waals surface area contributed by atoms with E-state index in [1.165, 1.54) is 37.1 Å². The smallest absolute Gasteiger partial charge is 0.191 e. The summed E-state index contributed by atoms with van der Waals surface area (Å²) in [6.45, 7) is 6.08. The minimum absolute atomic E-state index is 0. The molecular formula is C23H32ClIN6. The van der Waals surface area contributed by atoms with E-state index in [1.54, 1.807) is 6.20 Å². The third kappa shape index (κ3) is 6.70. The first-order valence-corrected chi connectivity index (χ1v) is 11.2. The summed E-state index contributed by atoms with van der Waals surface area (Å²) in [4.78, 5) is 13.6. The van der Waals surface area contributed by atoms with Crippen LogP contribution >= 0.6 is 35.6 Å². The zero-order valence-corrected chi connectivity index (χ0v) is 21.1. The van der Waals surface area contributed by atoms with Crippen molar-refractivity contribution >= 4 is 47.4 Å². The molecule has 2 aromatic rings. The van der Waals surface area contributed by atoms with E-state index in [-0.39, 0.29) is 24.0 Å². The molecule has 0 amide bonds. The normalized spacial score (nSPS) is 19.4. The van der Waals surface area contributed by atoms with Gasteiger partial charge in [0.2, 0.25) is 0 Å². The molecule has 3 heterocycles. The minimum atomic E-state index is 0. The molecule has 2 N–H and O–H groups in total. The second kappa shape index (κ2) is 11.9. The first-order chi connectivity index (χ1) is 14.7. The lowest BCUT2D eigenvalue weighted by atomic mass is 10.1. The van der Waals surface area contributed by atoms with Crippen molar-refractivity contribution in [2.75, 3.05) is 38.1 Å². The summed E-state index contributed by atoms with van der Waals surface area (Å²) in [6, 6.07) is 13.0. The number of hydrogen-bond donors (Lipinski definition) is 2. The second-order valence-electron chi connectivity index (χ2n) is 8.11. The van der Waals surface area contributed by atoms with E-state index >= 15 is 0 Å². The van der Waals surface area contributed by atoms with Gasteiger partial charge in [-0.15, -0.1) is 24.0 Å². The molecule has 8 heteroatoms. The van der Waals surface area contributed by atoms with E-state index in [9.17, 15) is 0 Å². The van der Waals surface area contributed by atoms with Crippen LogP contribution in [0.15, 0.2) is 47.6 Å². The first kappa shape index (κ1) is 24.1. The van der Waals surface area contributed by atoms with Gasteiger partial charge in [-0.2, -0.15) is 0 Å². The molecule has 0 spiro atoms. The lowest BCUT2D eigenvalue weighted by molar-refractivity contribution is 0.331. The molecule has 6 nitrogen and oxygen atoms in total. The number of nitrogens with one attached hydrogen (secondary N) is 2. The molecule has 2 fully saturated rings. The highest BCUT2D eigenvalue weighted by atomic mass is 127. The predicted octanol–water partition coefficient (Wildman–Crippen LogP) is 3.89. The molecule has 0 aliphatic carbocycles. The molecule has 1 unspecified atom stereocenters. The van der Waals surface area contributed by atoms with Crippen molar-refractivity contribution in [1.29, 1.82) is 0 Å². The predicted molar refractivity (Wildman–Crippen MR) is 140 cm³/mol. The van der Waals surface area contributed by atoms with Gasteiger partial charge in [0.1, 0.15) is 5.82 Å². The van der Waals surface area contributed by atoms with Crippen molar-refractivity contribution in [1.82, 2.24) is 20.5 Å². The van der Waals surface area contributed by atoms with Gasteiger partial charge in [-0.05, 0) is 55.6 Å². The molecule has 2 saturated heterocycles. The molecule has 31 heavy (non-hydrogen) atoms. The SMILES string of the molecule is CN=C(NCc1ccc(CN2CCCC2)cc1)NC1CCN(c2ncccc2Cl)C1.I. The number of halogens is 2. The number of guanidine groups is 1. The van der Waals surface area contributed by atoms with Crippen LogP contribution in [0.1, 0.15) is 30.4 Å². The second-order valence-corrected chi connectivity index (χ2v) is 8.52. The molecule has 1 aromatic heterocycles. The average molecular weight is 555 g/mol. The maximum absolute atomic E-state index is 6.30. The monoisotopic (exact) mass is 554 g/mol. The molecule has 1 aromatic carbocycles. The van der Waals surface area contributed by atoms with E-state index in [4.69, 9.17) is 11.6 Å². The molecule has 0 bridgehead atoms. The number of nitrogens with zero attached hydrogens (tertiary/aromatic N) is 4. The Morgan fingerprint density at radius 2 is 1.87 bits per heavy atom. The molecule has 0 radical (unpaired) electrons. The summed E-state index contributed by atoms with van der Waals surface area (Å²) in [7, 11) is 1.82. The lowest BCUT2D eigenvalue weighted by Crippen LogP contribution is -2.44. The topological polar surface area (TPSA) is 55.8 Å². The first-order valence-electron chi connectivity index (χ1n) is 10.8. The van der Waals surface area contributed by atoms with E-state index in [2.05, 4.69) is 54.7 Å². The zero-order chi connectivity index (χ0) is 20.8. The fraction of sp³-hybridized carbons (Fsp3) is 0.478. The molecule has 2 aliphatic heterocycles. The quantitative estimate of drug-likeness (QED) is 0.322. The Labute approximate surface area is 207 Å². The van der Waals surface area contributed by atoms with Crippen molar-refractivity contribution < 1.29 is 0 Å². The molecule has 4 rings (SSSR count). The van der Waals surface area contributed by atoms with Gasteiger partial charge >= 0.3 is 0 Å². The molecule has 168 valence electrons. The van der Waals surface area contributed by atoms with Crippen LogP contribution < -0.4 is 15.5 Å². The maximum Gasteiger partial charge on any atom is 0.191 e. The number of aromatic nitrogens is 1. The Morgan fingerprint density at radius 3 is 2.58 bits per heavy atom. The Kier molecular flexibility index (Phi) is 9.22. The van der Waals surface area contributed by atoms with Crippen molar-refractivity contribution in [3.05, 3.63) is 58.7 Å². The van der Waals surface area contributed by atoms with Gasteiger partial charge in [0.15, 0.2) is 5.96 Å². The van der Waals surface area contributed by atoms with Crippen molar-refractivity contribution in [2.24, 2.45) is 4.99 Å². The van der Waals surface area contributed by atoms with Crippen molar-refractivity contribution in [2.45, 2.75) is 38.4 Å². The van der Waals surface area contributed by atoms with Crippen LogP contribution in [0.2, 0.25) is 5.02 Å². The molecule has 2 aliphatic rings. The number of benzene rings is 1. The van der Waals surface area contributed by atoms with Crippen LogP contribution in [0.5, 0.6) is 0 Å². The van der Waals surface area contributed by atoms with Gasteiger partial charge in [0.05, 0.1) is 5.02 Å². The minimum Gasteiger partial charge on any atom is -0.353 e. The van der Waals surface area contributed by atoms with Gasteiger partial charge in [-0.1, -0.05) is 35.9 Å². The number of hydrogen-bond acceptors (Lipinski definition) is 4. The van der Waals surface area contributed by atoms with E-state index < -0.39 is 0 Å². The third-order valence-corrected chi connectivity index (χ3v) is 6.17. The highest BCUT2D eigenvalue weighted by molar-refractivity contribution is 14.0. The number of likely N-dealkylation sites (tertiary alicyclic amines) is 1. The summed E-state index contributed by atoms with van der Waals surface area (Å²) in [5.74, 6) is 1.69. The van der Waals surface area contributed by atoms with E-state index in [0.29, 0.717) is 11.1 Å². The molecule has 0 saturated carbocycles. The highest BCUT2D eigenvalue weighted by Crippen LogP contribution is 2.25. The Hall–Kier alpha value is -1.58. The van der Waals surface area contributed by atoms with Gasteiger partial charge < -0.3 is 15.5 Å². The van der Waals surface area contributed by atoms with Crippen molar-refractivity contribution in [3.63, 3.8) is 0 Å². The Morgan fingerprint density at radius 1 is 1.13 bits per heavy atom. The van der Waals surface area contributed by atoms with Gasteiger partial charge in [-0.3, -0.25) is 9.89 Å². The zero-order valence-electron chi connectivity index (χ0n) is 18.1. The molecular weight excluding hydrogens is 523 g/mol. The summed E-state index contributed by atoms with van der Waals surface area (Å²) in [5.41, 5.74) is 2.65. The van der Waals surface area contributed by atoms with Crippen LogP contribution in [0.3, 0.4) is 0 Å². The van der Waals surface area contributed by atoms with Crippen LogP contribution in [-0.2, 0) is 13.1 Å². The van der Waals surface area contributed by atoms with Gasteiger partial charge in [-0.25, -0.2) is 4.98 Å². The summed E-state index contributed by atoms with van der Waals surface area (Å²) >= 11 is 6.30. The number of aliphatic imine (C=N–C) groups is 1. The van der Waals surface area contributed by atoms with Crippen LogP contribution in [-0.4, -0.2) is 55.1 Å². The maximum atomic E-state index is 6.30. The number of rotatable bonds is 6. The van der Waals surface area contributed by atoms with Crippen LogP contribution in [0.4, 0.5) is 5.82 Å². The van der Waals surface area contributed by atoms with Gasteiger partial charge in [0.25, 0.3) is 0 Å².